The molecule has 3 N–H and O–H groups in total. The maximum absolute atomic E-state index is 13.2. The number of nitrogens with zero attached hydrogens (tertiary/aromatic N) is 2. The molecule has 42 heavy (non-hydrogen) atoms. The van der Waals surface area contributed by atoms with Crippen LogP contribution < -0.4 is 19.5 Å². The normalized spacial score (nSPS) is 12.8. The van der Waals surface area contributed by atoms with Crippen molar-refractivity contribution in [2.75, 3.05) is 41.5 Å². The fourth-order valence-corrected chi connectivity index (χ4v) is 4.95. The van der Waals surface area contributed by atoms with Gasteiger partial charge in [-0.05, 0) is 69.8 Å². The fraction of sp³-hybridized carbons (Fsp3) is 0.387. The molecule has 4 rings (SSSR count). The molecule has 0 atom stereocenters. The van der Waals surface area contributed by atoms with Crippen molar-refractivity contribution in [1.82, 2.24) is 15.2 Å². The molecular weight excluding hydrogens is 562 g/mol. The molecule has 3 aromatic rings. The topological polar surface area (TPSA) is 130 Å². The molecule has 0 aliphatic heterocycles. The largest absolute Gasteiger partial charge is 0.503 e. The number of hydrogen-bond donors (Lipinski definition) is 3. The highest BCUT2D eigenvalue weighted by molar-refractivity contribution is 6.32. The van der Waals surface area contributed by atoms with Gasteiger partial charge in [-0.3, -0.25) is 4.79 Å². The summed E-state index contributed by atoms with van der Waals surface area (Å²) < 4.78 is 17.4. The van der Waals surface area contributed by atoms with Gasteiger partial charge < -0.3 is 34.6 Å². The zero-order valence-electron chi connectivity index (χ0n) is 24.4. The molecule has 0 radical (unpaired) electrons. The summed E-state index contributed by atoms with van der Waals surface area (Å²) in [5, 5.41) is 17.6. The zero-order valence-corrected chi connectivity index (χ0v) is 25.1. The average Bonchev–Trinajstić information content (AvgIpc) is 3.48. The van der Waals surface area contributed by atoms with E-state index in [2.05, 4.69) is 10.2 Å². The molecule has 0 unspecified atom stereocenters. The maximum Gasteiger partial charge on any atom is 0.503 e. The molecule has 1 fully saturated rings. The smallest absolute Gasteiger partial charge is 0.496 e. The SMILES string of the molecule is COc1cccc(OC)c1-c1ccc(C(=O)NC2CCCC2)nc1-c1ccc(Cl)c(OCCCN(C)C)c1.O=C(O)O. The number of carboxylic acid groups (broad SMARTS) is 2. The van der Waals surface area contributed by atoms with E-state index in [9.17, 15) is 4.79 Å². The van der Waals surface area contributed by atoms with Crippen LogP contribution in [0.4, 0.5) is 4.79 Å². The number of nitrogens with one attached hydrogen (secondary N) is 1. The highest BCUT2D eigenvalue weighted by Gasteiger charge is 2.23. The third-order valence-electron chi connectivity index (χ3n) is 6.73. The van der Waals surface area contributed by atoms with E-state index < -0.39 is 6.16 Å². The quantitative estimate of drug-likeness (QED) is 0.217. The van der Waals surface area contributed by atoms with Crippen LogP contribution >= 0.6 is 11.6 Å². The Balaban J connectivity index is 0.00000114. The van der Waals surface area contributed by atoms with Gasteiger partial charge >= 0.3 is 6.16 Å². The third kappa shape index (κ3) is 8.99. The van der Waals surface area contributed by atoms with Gasteiger partial charge in [0.25, 0.3) is 5.91 Å². The minimum absolute atomic E-state index is 0.175. The van der Waals surface area contributed by atoms with Crippen LogP contribution in [0.3, 0.4) is 0 Å². The molecule has 10 nitrogen and oxygen atoms in total. The van der Waals surface area contributed by atoms with Gasteiger partial charge in [0.05, 0.1) is 37.1 Å². The minimum atomic E-state index is -1.83. The van der Waals surface area contributed by atoms with Gasteiger partial charge in [0.1, 0.15) is 22.9 Å². The average molecular weight is 600 g/mol. The van der Waals surface area contributed by atoms with Crippen LogP contribution in [-0.2, 0) is 0 Å². The van der Waals surface area contributed by atoms with Crippen molar-refractivity contribution in [3.05, 3.63) is 59.2 Å². The molecule has 0 saturated heterocycles. The Morgan fingerprint density at radius 1 is 1.00 bits per heavy atom. The summed E-state index contributed by atoms with van der Waals surface area (Å²) in [6, 6.07) is 15.0. The lowest BCUT2D eigenvalue weighted by molar-refractivity contribution is 0.0932. The summed E-state index contributed by atoms with van der Waals surface area (Å²) >= 11 is 6.49. The fourth-order valence-electron chi connectivity index (χ4n) is 4.78. The number of benzene rings is 2. The van der Waals surface area contributed by atoms with Gasteiger partial charge in [0.2, 0.25) is 0 Å². The number of halogens is 1. The highest BCUT2D eigenvalue weighted by atomic mass is 35.5. The molecule has 1 aliphatic carbocycles. The van der Waals surface area contributed by atoms with Crippen LogP contribution in [0, 0.1) is 0 Å². The number of carbonyl (C=O) groups excluding carboxylic acids is 1. The predicted octanol–water partition coefficient (Wildman–Crippen LogP) is 6.31. The molecule has 1 heterocycles. The van der Waals surface area contributed by atoms with Gasteiger partial charge in [-0.15, -0.1) is 0 Å². The summed E-state index contributed by atoms with van der Waals surface area (Å²) in [4.78, 5) is 28.7. The van der Waals surface area contributed by atoms with Crippen molar-refractivity contribution < 1.29 is 34.0 Å². The molecule has 11 heteroatoms. The lowest BCUT2D eigenvalue weighted by Gasteiger charge is -2.18. The van der Waals surface area contributed by atoms with Crippen LogP contribution in [0.2, 0.25) is 5.02 Å². The van der Waals surface area contributed by atoms with E-state index in [1.807, 2.05) is 50.5 Å². The molecule has 1 amide bonds. The minimum Gasteiger partial charge on any atom is -0.496 e. The monoisotopic (exact) mass is 599 g/mol. The standard InChI is InChI=1S/C30H36ClN3O4.CH2O3/c1-34(2)17-8-18-38-27-19-20(13-15-23(27)31)29-22(28-25(36-3)11-7-12-26(28)37-4)14-16-24(33-29)30(35)32-21-9-5-6-10-21;2-1(3)4/h7,11-16,19,21H,5-6,8-10,17-18H2,1-4H3,(H,32,35);(H2,2,3,4). The van der Waals surface area contributed by atoms with Crippen LogP contribution in [-0.4, -0.2) is 79.7 Å². The lowest BCUT2D eigenvalue weighted by Crippen LogP contribution is -2.33. The van der Waals surface area contributed by atoms with Crippen LogP contribution in [0.1, 0.15) is 42.6 Å². The van der Waals surface area contributed by atoms with Crippen molar-refractivity contribution in [3.63, 3.8) is 0 Å². The predicted molar refractivity (Wildman–Crippen MR) is 162 cm³/mol. The van der Waals surface area contributed by atoms with E-state index in [1.165, 1.54) is 0 Å². The number of pyridine rings is 1. The molecule has 1 aliphatic rings. The Hall–Kier alpha value is -4.02. The highest BCUT2D eigenvalue weighted by Crippen LogP contribution is 2.43. The number of hydrogen-bond acceptors (Lipinski definition) is 7. The number of carbonyl (C=O) groups is 2. The number of methoxy groups -OCH3 is 2. The van der Waals surface area contributed by atoms with Crippen molar-refractivity contribution in [2.45, 2.75) is 38.1 Å². The second kappa shape index (κ2) is 15.8. The van der Waals surface area contributed by atoms with Crippen molar-refractivity contribution in [3.8, 4) is 39.6 Å². The van der Waals surface area contributed by atoms with Crippen molar-refractivity contribution in [2.24, 2.45) is 0 Å². The third-order valence-corrected chi connectivity index (χ3v) is 7.04. The second-order valence-electron chi connectivity index (χ2n) is 10.0. The molecule has 1 aromatic heterocycles. The first-order chi connectivity index (χ1) is 20.1. The van der Waals surface area contributed by atoms with E-state index >= 15 is 0 Å². The first-order valence-corrected chi connectivity index (χ1v) is 14.0. The zero-order chi connectivity index (χ0) is 30.6. The van der Waals surface area contributed by atoms with Crippen LogP contribution in [0.25, 0.3) is 22.4 Å². The van der Waals surface area contributed by atoms with Crippen LogP contribution in [0.15, 0.2) is 48.5 Å². The van der Waals surface area contributed by atoms with Crippen molar-refractivity contribution in [1.29, 1.82) is 0 Å². The lowest BCUT2D eigenvalue weighted by atomic mass is 9.96. The molecule has 1 saturated carbocycles. The van der Waals surface area contributed by atoms with E-state index in [0.29, 0.717) is 40.3 Å². The van der Waals surface area contributed by atoms with E-state index in [1.54, 1.807) is 26.4 Å². The van der Waals surface area contributed by atoms with Gasteiger partial charge in [-0.2, -0.15) is 0 Å². The number of aromatic nitrogens is 1. The molecule has 0 bridgehead atoms. The second-order valence-corrected chi connectivity index (χ2v) is 10.4. The summed E-state index contributed by atoms with van der Waals surface area (Å²) in [5.74, 6) is 1.68. The van der Waals surface area contributed by atoms with E-state index in [0.717, 1.165) is 55.3 Å². The Kier molecular flexibility index (Phi) is 12.3. The van der Waals surface area contributed by atoms with Gasteiger partial charge in [0.15, 0.2) is 0 Å². The number of ether oxygens (including phenoxy) is 3. The van der Waals surface area contributed by atoms with Gasteiger partial charge in [-0.25, -0.2) is 9.78 Å². The first kappa shape index (κ1) is 32.5. The first-order valence-electron chi connectivity index (χ1n) is 13.7. The molecule has 226 valence electrons. The number of rotatable bonds is 11. The van der Waals surface area contributed by atoms with E-state index in [4.69, 9.17) is 45.8 Å². The Bertz CT molecular complexity index is 1330. The summed E-state index contributed by atoms with van der Waals surface area (Å²) in [7, 11) is 7.30. The number of amides is 1. The maximum atomic E-state index is 13.2. The Labute approximate surface area is 251 Å². The Morgan fingerprint density at radius 3 is 2.24 bits per heavy atom. The summed E-state index contributed by atoms with van der Waals surface area (Å²) in [5.41, 5.74) is 3.27. The summed E-state index contributed by atoms with van der Waals surface area (Å²) in [6.45, 7) is 1.45. The molecule has 2 aromatic carbocycles. The van der Waals surface area contributed by atoms with Gasteiger partial charge in [-0.1, -0.05) is 36.6 Å². The Morgan fingerprint density at radius 2 is 1.64 bits per heavy atom. The van der Waals surface area contributed by atoms with Gasteiger partial charge in [0, 0.05) is 23.7 Å². The van der Waals surface area contributed by atoms with E-state index in [-0.39, 0.29) is 11.9 Å². The molecular formula is C31H38ClN3O7. The van der Waals surface area contributed by atoms with Crippen molar-refractivity contribution >= 4 is 23.7 Å². The van der Waals surface area contributed by atoms with Crippen LogP contribution in [0.5, 0.6) is 17.2 Å². The molecule has 0 spiro atoms. The summed E-state index contributed by atoms with van der Waals surface area (Å²) in [6.07, 6.45) is 3.31.